The van der Waals surface area contributed by atoms with Crippen LogP contribution in [0.3, 0.4) is 0 Å². The van der Waals surface area contributed by atoms with E-state index < -0.39 is 17.4 Å². The highest BCUT2D eigenvalue weighted by atomic mass is 16.4. The van der Waals surface area contributed by atoms with Crippen LogP contribution in [0.4, 0.5) is 11.6 Å². The molecule has 2 aliphatic heterocycles. The van der Waals surface area contributed by atoms with E-state index in [2.05, 4.69) is 14.9 Å². The number of carbonyl (C=O) groups is 2. The van der Waals surface area contributed by atoms with E-state index in [1.54, 1.807) is 18.0 Å². The number of amides is 1. The van der Waals surface area contributed by atoms with E-state index in [4.69, 9.17) is 5.73 Å². The summed E-state index contributed by atoms with van der Waals surface area (Å²) in [5, 5.41) is 9.46. The van der Waals surface area contributed by atoms with E-state index in [0.717, 1.165) is 5.82 Å². The second-order valence-corrected chi connectivity index (χ2v) is 5.94. The Bertz CT molecular complexity index is 612. The molecule has 118 valence electrons. The molecule has 1 aromatic rings. The number of piperidine rings is 1. The van der Waals surface area contributed by atoms with Crippen LogP contribution in [0, 0.1) is 5.92 Å². The van der Waals surface area contributed by atoms with Gasteiger partial charge in [0.1, 0.15) is 18.0 Å². The average molecular weight is 305 g/mol. The third kappa shape index (κ3) is 2.15. The Morgan fingerprint density at radius 1 is 1.41 bits per heavy atom. The molecule has 1 amide bonds. The van der Waals surface area contributed by atoms with E-state index in [0.29, 0.717) is 31.7 Å². The van der Waals surface area contributed by atoms with Crippen molar-refractivity contribution < 1.29 is 14.7 Å². The summed E-state index contributed by atoms with van der Waals surface area (Å²) in [6.45, 7) is 1.27. The maximum Gasteiger partial charge on any atom is 0.309 e. The second-order valence-electron chi connectivity index (χ2n) is 5.94. The van der Waals surface area contributed by atoms with E-state index in [-0.39, 0.29) is 12.3 Å². The summed E-state index contributed by atoms with van der Waals surface area (Å²) in [5.41, 5.74) is 5.09. The molecule has 1 aromatic heterocycles. The van der Waals surface area contributed by atoms with Gasteiger partial charge in [0.2, 0.25) is 5.91 Å². The van der Waals surface area contributed by atoms with E-state index in [1.807, 2.05) is 0 Å². The Kier molecular flexibility index (Phi) is 3.38. The molecule has 22 heavy (non-hydrogen) atoms. The SMILES string of the molecule is CN1C(=O)CC(C(=O)O)C12CCN(c1cc(N)ncn1)CC2. The molecule has 3 rings (SSSR count). The molecule has 1 unspecified atom stereocenters. The summed E-state index contributed by atoms with van der Waals surface area (Å²) in [5.74, 6) is -0.477. The van der Waals surface area contributed by atoms with Gasteiger partial charge in [-0.25, -0.2) is 9.97 Å². The smallest absolute Gasteiger partial charge is 0.309 e. The van der Waals surface area contributed by atoms with Crippen molar-refractivity contribution in [2.45, 2.75) is 24.8 Å². The van der Waals surface area contributed by atoms with Crippen molar-refractivity contribution in [2.75, 3.05) is 30.8 Å². The van der Waals surface area contributed by atoms with Crippen molar-refractivity contribution >= 4 is 23.5 Å². The lowest BCUT2D eigenvalue weighted by atomic mass is 9.77. The summed E-state index contributed by atoms with van der Waals surface area (Å²) < 4.78 is 0. The van der Waals surface area contributed by atoms with Gasteiger partial charge in [-0.1, -0.05) is 0 Å². The number of likely N-dealkylation sites (tertiary alicyclic amines) is 1. The van der Waals surface area contributed by atoms with Crippen molar-refractivity contribution in [2.24, 2.45) is 5.92 Å². The number of rotatable bonds is 2. The zero-order chi connectivity index (χ0) is 15.9. The number of nitrogen functional groups attached to an aromatic ring is 1. The zero-order valence-electron chi connectivity index (χ0n) is 12.4. The highest BCUT2D eigenvalue weighted by molar-refractivity contribution is 5.88. The molecule has 2 saturated heterocycles. The van der Waals surface area contributed by atoms with Crippen LogP contribution < -0.4 is 10.6 Å². The summed E-state index contributed by atoms with van der Waals surface area (Å²) in [6.07, 6.45) is 2.72. The van der Waals surface area contributed by atoms with Crippen LogP contribution in [0.25, 0.3) is 0 Å². The Morgan fingerprint density at radius 2 is 2.09 bits per heavy atom. The first-order valence-electron chi connectivity index (χ1n) is 7.26. The van der Waals surface area contributed by atoms with Crippen LogP contribution in [0.5, 0.6) is 0 Å². The lowest BCUT2D eigenvalue weighted by Crippen LogP contribution is -2.56. The predicted molar refractivity (Wildman–Crippen MR) is 79.1 cm³/mol. The van der Waals surface area contributed by atoms with Crippen molar-refractivity contribution in [3.63, 3.8) is 0 Å². The van der Waals surface area contributed by atoms with E-state index in [9.17, 15) is 14.7 Å². The highest BCUT2D eigenvalue weighted by Gasteiger charge is 2.55. The molecule has 3 N–H and O–H groups in total. The van der Waals surface area contributed by atoms with Crippen molar-refractivity contribution in [1.29, 1.82) is 0 Å². The van der Waals surface area contributed by atoms with Gasteiger partial charge in [0.25, 0.3) is 0 Å². The number of nitrogens with two attached hydrogens (primary N) is 1. The molecule has 3 heterocycles. The van der Waals surface area contributed by atoms with E-state index >= 15 is 0 Å². The number of anilines is 2. The monoisotopic (exact) mass is 305 g/mol. The third-order valence-corrected chi connectivity index (χ3v) is 4.99. The normalized spacial score (nSPS) is 24.0. The van der Waals surface area contributed by atoms with Crippen LogP contribution in [0.2, 0.25) is 0 Å². The van der Waals surface area contributed by atoms with Gasteiger partial charge in [-0.2, -0.15) is 0 Å². The summed E-state index contributed by atoms with van der Waals surface area (Å²) in [6, 6.07) is 1.70. The molecular formula is C14H19N5O3. The molecule has 8 heteroatoms. The molecule has 0 bridgehead atoms. The predicted octanol–water partition coefficient (Wildman–Crippen LogP) is -0.0393. The van der Waals surface area contributed by atoms with Crippen molar-refractivity contribution in [1.82, 2.24) is 14.9 Å². The maximum atomic E-state index is 12.0. The Balaban J connectivity index is 1.80. The van der Waals surface area contributed by atoms with Gasteiger partial charge >= 0.3 is 5.97 Å². The fourth-order valence-electron chi connectivity index (χ4n) is 3.64. The zero-order valence-corrected chi connectivity index (χ0v) is 12.4. The molecule has 0 aromatic carbocycles. The molecule has 1 spiro atoms. The fourth-order valence-corrected chi connectivity index (χ4v) is 3.64. The minimum Gasteiger partial charge on any atom is -0.481 e. The topological polar surface area (TPSA) is 113 Å². The number of aromatic nitrogens is 2. The second kappa shape index (κ2) is 5.11. The molecule has 8 nitrogen and oxygen atoms in total. The van der Waals surface area contributed by atoms with Crippen LogP contribution >= 0.6 is 0 Å². The van der Waals surface area contributed by atoms with Gasteiger partial charge in [0.05, 0.1) is 11.5 Å². The standard InChI is InChI=1S/C14H19N5O3/c1-18-12(20)6-9(13(21)22)14(18)2-4-19(5-3-14)11-7-10(15)16-8-17-11/h7-9H,2-6H2,1H3,(H,21,22)(H2,15,16,17). The molecule has 2 aliphatic rings. The van der Waals surface area contributed by atoms with Gasteiger partial charge < -0.3 is 20.6 Å². The van der Waals surface area contributed by atoms with Crippen LogP contribution in [-0.4, -0.2) is 57.5 Å². The van der Waals surface area contributed by atoms with Gasteiger partial charge in [-0.05, 0) is 12.8 Å². The quantitative estimate of drug-likeness (QED) is 0.788. The minimum atomic E-state index is -0.891. The maximum absolute atomic E-state index is 12.0. The molecule has 2 fully saturated rings. The Hall–Kier alpha value is -2.38. The van der Waals surface area contributed by atoms with Gasteiger partial charge in [0.15, 0.2) is 0 Å². The first-order chi connectivity index (χ1) is 10.4. The van der Waals surface area contributed by atoms with Gasteiger partial charge in [-0.15, -0.1) is 0 Å². The molecule has 0 saturated carbocycles. The molecular weight excluding hydrogens is 286 g/mol. The fraction of sp³-hybridized carbons (Fsp3) is 0.571. The largest absolute Gasteiger partial charge is 0.481 e. The van der Waals surface area contributed by atoms with Gasteiger partial charge in [-0.3, -0.25) is 9.59 Å². The van der Waals surface area contributed by atoms with Crippen LogP contribution in [0.15, 0.2) is 12.4 Å². The number of nitrogens with zero attached hydrogens (tertiary/aromatic N) is 4. The minimum absolute atomic E-state index is 0.0896. The van der Waals surface area contributed by atoms with Gasteiger partial charge in [0, 0.05) is 32.6 Å². The number of aliphatic carboxylic acids is 1. The number of carboxylic acids is 1. The van der Waals surface area contributed by atoms with Crippen LogP contribution in [-0.2, 0) is 9.59 Å². The summed E-state index contributed by atoms with van der Waals surface area (Å²) >= 11 is 0. The first-order valence-corrected chi connectivity index (χ1v) is 7.26. The molecule has 1 atom stereocenters. The third-order valence-electron chi connectivity index (χ3n) is 4.99. The van der Waals surface area contributed by atoms with Crippen LogP contribution in [0.1, 0.15) is 19.3 Å². The number of hydrogen-bond donors (Lipinski definition) is 2. The number of carbonyl (C=O) groups excluding carboxylic acids is 1. The summed E-state index contributed by atoms with van der Waals surface area (Å²) in [7, 11) is 1.71. The average Bonchev–Trinajstić information content (AvgIpc) is 2.74. The lowest BCUT2D eigenvalue weighted by molar-refractivity contribution is -0.145. The Labute approximate surface area is 127 Å². The highest BCUT2D eigenvalue weighted by Crippen LogP contribution is 2.43. The van der Waals surface area contributed by atoms with Crippen molar-refractivity contribution in [3.05, 3.63) is 12.4 Å². The lowest BCUT2D eigenvalue weighted by Gasteiger charge is -2.45. The number of hydrogen-bond acceptors (Lipinski definition) is 6. The molecule has 0 radical (unpaired) electrons. The van der Waals surface area contributed by atoms with Crippen molar-refractivity contribution in [3.8, 4) is 0 Å². The summed E-state index contributed by atoms with van der Waals surface area (Å²) in [4.78, 5) is 35.3. The Morgan fingerprint density at radius 3 is 2.68 bits per heavy atom. The molecule has 0 aliphatic carbocycles. The number of carboxylic acid groups (broad SMARTS) is 1. The van der Waals surface area contributed by atoms with E-state index in [1.165, 1.54) is 6.33 Å². The first kappa shape index (κ1) is 14.6.